The fraction of sp³-hybridized carbons (Fsp3) is 0.619. The first kappa shape index (κ1) is 18.7. The summed E-state index contributed by atoms with van der Waals surface area (Å²) in [5.41, 5.74) is 1.86. The number of carbonyl (C=O) groups excluding carboxylic acids is 2. The second-order valence-electron chi connectivity index (χ2n) is 8.98. The van der Waals surface area contributed by atoms with Gasteiger partial charge >= 0.3 is 0 Å². The minimum Gasteiger partial charge on any atom is -0.273 e. The van der Waals surface area contributed by atoms with Crippen LogP contribution >= 0.6 is 0 Å². The number of hydrogen-bond acceptors (Lipinski definition) is 2. The van der Waals surface area contributed by atoms with Crippen molar-refractivity contribution in [1.29, 1.82) is 0 Å². The third-order valence-electron chi connectivity index (χ3n) is 5.01. The smallest absolute Gasteiger partial charge is 0.239 e. The molecule has 1 aliphatic rings. The highest BCUT2D eigenvalue weighted by Crippen LogP contribution is 2.46. The zero-order valence-corrected chi connectivity index (χ0v) is 16.4. The van der Waals surface area contributed by atoms with Crippen LogP contribution in [0.15, 0.2) is 18.2 Å². The summed E-state index contributed by atoms with van der Waals surface area (Å²) in [6, 6.07) is 6.12. The van der Waals surface area contributed by atoms with Crippen LogP contribution in [0.5, 0.6) is 0 Å². The summed E-state index contributed by atoms with van der Waals surface area (Å²) in [7, 11) is 0. The summed E-state index contributed by atoms with van der Waals surface area (Å²) in [4.78, 5) is 27.9. The summed E-state index contributed by atoms with van der Waals surface area (Å²) in [5, 5.41) is 0. The Balaban J connectivity index is 2.77. The van der Waals surface area contributed by atoms with Crippen molar-refractivity contribution in [3.8, 4) is 0 Å². The minimum absolute atomic E-state index is 0.0816. The molecule has 1 heterocycles. The molecule has 1 aromatic carbocycles. The molecule has 0 bridgehead atoms. The Kier molecular flexibility index (Phi) is 4.69. The van der Waals surface area contributed by atoms with Gasteiger partial charge in [0.25, 0.3) is 0 Å². The average molecular weight is 329 g/mol. The Morgan fingerprint density at radius 1 is 0.833 bits per heavy atom. The fourth-order valence-electron chi connectivity index (χ4n) is 3.93. The molecule has 0 aliphatic carbocycles. The van der Waals surface area contributed by atoms with Crippen LogP contribution in [0.1, 0.15) is 84.8 Å². The molecule has 3 nitrogen and oxygen atoms in total. The van der Waals surface area contributed by atoms with Gasteiger partial charge in [-0.1, -0.05) is 73.6 Å². The van der Waals surface area contributed by atoms with Crippen LogP contribution in [0.3, 0.4) is 0 Å². The van der Waals surface area contributed by atoms with Gasteiger partial charge in [-0.2, -0.15) is 0 Å². The van der Waals surface area contributed by atoms with Crippen molar-refractivity contribution in [3.63, 3.8) is 0 Å². The molecule has 0 unspecified atom stereocenters. The zero-order valence-electron chi connectivity index (χ0n) is 16.4. The van der Waals surface area contributed by atoms with Crippen LogP contribution < -0.4 is 4.90 Å². The molecule has 24 heavy (non-hydrogen) atoms. The normalized spacial score (nSPS) is 20.2. The molecule has 1 saturated heterocycles. The van der Waals surface area contributed by atoms with E-state index in [0.29, 0.717) is 6.42 Å². The van der Waals surface area contributed by atoms with Crippen molar-refractivity contribution in [1.82, 2.24) is 0 Å². The van der Waals surface area contributed by atoms with E-state index in [1.807, 2.05) is 45.9 Å². The van der Waals surface area contributed by atoms with E-state index in [4.69, 9.17) is 0 Å². The molecule has 2 rings (SSSR count). The number of imide groups is 1. The second-order valence-corrected chi connectivity index (χ2v) is 8.98. The number of rotatable bonds is 3. The Labute approximate surface area is 146 Å². The number of anilines is 1. The Hall–Kier alpha value is -1.64. The Morgan fingerprint density at radius 3 is 1.54 bits per heavy atom. The summed E-state index contributed by atoms with van der Waals surface area (Å²) < 4.78 is 0. The third-order valence-corrected chi connectivity index (χ3v) is 5.01. The molecule has 1 fully saturated rings. The van der Waals surface area contributed by atoms with E-state index in [2.05, 4.69) is 27.7 Å². The standard InChI is InChI=1S/C21H31NO2/c1-13(2)15-10-9-11-16(14(3)4)17(15)22-18(23)20(5,6)12-21(7,8)19(22)24/h9-11,13-14H,12H2,1-8H3. The maximum atomic E-state index is 13.2. The monoisotopic (exact) mass is 329 g/mol. The second kappa shape index (κ2) is 6.02. The lowest BCUT2D eigenvalue weighted by molar-refractivity contribution is -0.143. The number of benzene rings is 1. The van der Waals surface area contributed by atoms with Crippen LogP contribution in [0.2, 0.25) is 0 Å². The van der Waals surface area contributed by atoms with Crippen molar-refractivity contribution in [2.75, 3.05) is 4.90 Å². The SMILES string of the molecule is CC(C)c1cccc(C(C)C)c1N1C(=O)C(C)(C)CC(C)(C)C1=O. The molecule has 1 aliphatic heterocycles. The summed E-state index contributed by atoms with van der Waals surface area (Å²) in [5.74, 6) is 0.323. The van der Waals surface area contributed by atoms with Gasteiger partial charge in [-0.05, 0) is 29.4 Å². The molecular formula is C21H31NO2. The molecule has 0 radical (unpaired) electrons. The minimum atomic E-state index is -0.546. The van der Waals surface area contributed by atoms with Crippen LogP contribution in [-0.4, -0.2) is 11.8 Å². The van der Waals surface area contributed by atoms with Crippen LogP contribution in [0.25, 0.3) is 0 Å². The molecule has 3 heteroatoms. The van der Waals surface area contributed by atoms with Crippen LogP contribution in [0, 0.1) is 10.8 Å². The maximum absolute atomic E-state index is 13.2. The number of amides is 2. The number of hydrogen-bond donors (Lipinski definition) is 0. The van der Waals surface area contributed by atoms with Crippen molar-refractivity contribution in [2.45, 2.75) is 73.6 Å². The maximum Gasteiger partial charge on any atom is 0.239 e. The third kappa shape index (κ3) is 3.01. The quantitative estimate of drug-likeness (QED) is 0.710. The topological polar surface area (TPSA) is 37.4 Å². The average Bonchev–Trinajstić information content (AvgIpc) is 2.44. The van der Waals surface area contributed by atoms with Crippen LogP contribution in [-0.2, 0) is 9.59 Å². The van der Waals surface area contributed by atoms with E-state index in [0.717, 1.165) is 16.8 Å². The molecule has 1 aromatic rings. The lowest BCUT2D eigenvalue weighted by atomic mass is 9.69. The van der Waals surface area contributed by atoms with Gasteiger partial charge in [-0.3, -0.25) is 9.59 Å². The lowest BCUT2D eigenvalue weighted by Gasteiger charge is -2.45. The zero-order chi connectivity index (χ0) is 18.4. The predicted octanol–water partition coefficient (Wildman–Crippen LogP) is 5.25. The van der Waals surface area contributed by atoms with Gasteiger partial charge in [0.15, 0.2) is 0 Å². The predicted molar refractivity (Wildman–Crippen MR) is 99.3 cm³/mol. The first-order chi connectivity index (χ1) is 10.9. The van der Waals surface area contributed by atoms with E-state index < -0.39 is 10.8 Å². The molecule has 0 atom stereocenters. The largest absolute Gasteiger partial charge is 0.273 e. The van der Waals surface area contributed by atoms with E-state index in [-0.39, 0.29) is 23.7 Å². The number of piperidine rings is 1. The first-order valence-corrected chi connectivity index (χ1v) is 8.92. The summed E-state index contributed by atoms with van der Waals surface area (Å²) in [6.07, 6.45) is 0.578. The lowest BCUT2D eigenvalue weighted by Crippen LogP contribution is -2.57. The van der Waals surface area contributed by atoms with Crippen molar-refractivity contribution in [3.05, 3.63) is 29.3 Å². The van der Waals surface area contributed by atoms with Gasteiger partial charge in [-0.25, -0.2) is 4.90 Å². The number of nitrogens with zero attached hydrogens (tertiary/aromatic N) is 1. The van der Waals surface area contributed by atoms with E-state index in [1.54, 1.807) is 0 Å². The van der Waals surface area contributed by atoms with Gasteiger partial charge in [0.1, 0.15) is 0 Å². The van der Waals surface area contributed by atoms with E-state index >= 15 is 0 Å². The first-order valence-electron chi connectivity index (χ1n) is 8.92. The summed E-state index contributed by atoms with van der Waals surface area (Å²) >= 11 is 0. The summed E-state index contributed by atoms with van der Waals surface area (Å²) in [6.45, 7) is 16.2. The van der Waals surface area contributed by atoms with Gasteiger partial charge in [0.2, 0.25) is 11.8 Å². The molecular weight excluding hydrogens is 298 g/mol. The molecule has 2 amide bonds. The van der Waals surface area contributed by atoms with E-state index in [1.165, 1.54) is 4.90 Å². The van der Waals surface area contributed by atoms with Crippen molar-refractivity contribution in [2.24, 2.45) is 10.8 Å². The Bertz CT molecular complexity index is 616. The molecule has 0 aromatic heterocycles. The van der Waals surface area contributed by atoms with Gasteiger partial charge in [0, 0.05) is 10.8 Å². The van der Waals surface area contributed by atoms with Gasteiger partial charge < -0.3 is 0 Å². The molecule has 0 spiro atoms. The van der Waals surface area contributed by atoms with Crippen molar-refractivity contribution >= 4 is 17.5 Å². The fourth-order valence-corrected chi connectivity index (χ4v) is 3.93. The van der Waals surface area contributed by atoms with Gasteiger partial charge in [0.05, 0.1) is 5.69 Å². The number of carbonyl (C=O) groups is 2. The number of para-hydroxylation sites is 1. The Morgan fingerprint density at radius 2 is 1.21 bits per heavy atom. The van der Waals surface area contributed by atoms with Crippen molar-refractivity contribution < 1.29 is 9.59 Å². The van der Waals surface area contributed by atoms with E-state index in [9.17, 15) is 9.59 Å². The molecule has 132 valence electrons. The molecule has 0 N–H and O–H groups in total. The highest BCUT2D eigenvalue weighted by molar-refractivity contribution is 6.21. The van der Waals surface area contributed by atoms with Gasteiger partial charge in [-0.15, -0.1) is 0 Å². The van der Waals surface area contributed by atoms with Crippen LogP contribution in [0.4, 0.5) is 5.69 Å². The highest BCUT2D eigenvalue weighted by atomic mass is 16.2. The highest BCUT2D eigenvalue weighted by Gasteiger charge is 2.51. The molecule has 0 saturated carbocycles.